The summed E-state index contributed by atoms with van der Waals surface area (Å²) in [5, 5.41) is 0. The van der Waals surface area contributed by atoms with Crippen LogP contribution in [0, 0.1) is 0 Å². The first-order chi connectivity index (χ1) is 14.3. The van der Waals surface area contributed by atoms with Crippen LogP contribution in [-0.2, 0) is 13.6 Å². The fourth-order valence-electron chi connectivity index (χ4n) is 3.17. The van der Waals surface area contributed by atoms with Crippen LogP contribution in [0.4, 0.5) is 0 Å². The zero-order chi connectivity index (χ0) is 22.6. The lowest BCUT2D eigenvalue weighted by molar-refractivity contribution is -0.870. The minimum absolute atomic E-state index is 0.165. The van der Waals surface area contributed by atoms with Gasteiger partial charge in [0.1, 0.15) is 13.2 Å². The third-order valence-electron chi connectivity index (χ3n) is 5.17. The van der Waals surface area contributed by atoms with Gasteiger partial charge in [0.05, 0.1) is 27.7 Å². The summed E-state index contributed by atoms with van der Waals surface area (Å²) in [5.74, 6) is 0. The van der Waals surface area contributed by atoms with Gasteiger partial charge in [-0.2, -0.15) is 0 Å². The van der Waals surface area contributed by atoms with Gasteiger partial charge in [0.25, 0.3) is 7.82 Å². The largest absolute Gasteiger partial charge is 0.756 e. The number of unbranched alkanes of at least 4 members (excludes halogenated alkanes) is 13. The van der Waals surface area contributed by atoms with Crippen LogP contribution in [0.1, 0.15) is 103 Å². The normalized spacial score (nSPS) is 14.4. The molecule has 1 atom stereocenters. The van der Waals surface area contributed by atoms with Crippen LogP contribution in [0.15, 0.2) is 12.2 Å². The molecule has 0 saturated heterocycles. The number of nitrogens with zero attached hydrogens (tertiary/aromatic N) is 1. The minimum Gasteiger partial charge on any atom is -0.756 e. The van der Waals surface area contributed by atoms with Gasteiger partial charge in [-0.05, 0) is 32.1 Å². The molecule has 0 radical (unpaired) electrons. The highest BCUT2D eigenvalue weighted by molar-refractivity contribution is 7.45. The van der Waals surface area contributed by atoms with Gasteiger partial charge in [-0.15, -0.1) is 0 Å². The molecular formula is C24H50NO4P. The molecule has 5 nitrogen and oxygen atoms in total. The number of rotatable bonds is 22. The molecule has 0 bridgehead atoms. The van der Waals surface area contributed by atoms with Crippen LogP contribution in [0.3, 0.4) is 0 Å². The topological polar surface area (TPSA) is 58.6 Å². The second-order valence-electron chi connectivity index (χ2n) is 9.42. The molecule has 0 heterocycles. The smallest absolute Gasteiger partial charge is 0.268 e. The molecule has 0 aliphatic rings. The maximum absolute atomic E-state index is 11.7. The Bertz CT molecular complexity index is 449. The Morgan fingerprint density at radius 1 is 0.700 bits per heavy atom. The molecule has 0 aromatic heterocycles. The van der Waals surface area contributed by atoms with E-state index in [0.29, 0.717) is 11.0 Å². The maximum Gasteiger partial charge on any atom is 0.268 e. The van der Waals surface area contributed by atoms with E-state index in [9.17, 15) is 9.46 Å². The summed E-state index contributed by atoms with van der Waals surface area (Å²) >= 11 is 0. The molecule has 30 heavy (non-hydrogen) atoms. The number of phosphoric acid groups is 1. The van der Waals surface area contributed by atoms with Crippen molar-refractivity contribution in [2.75, 3.05) is 40.9 Å². The van der Waals surface area contributed by atoms with Gasteiger partial charge in [-0.3, -0.25) is 4.57 Å². The fraction of sp³-hybridized carbons (Fsp3) is 0.917. The molecule has 0 aromatic carbocycles. The minimum atomic E-state index is -4.14. The Kier molecular flexibility index (Phi) is 19.4. The van der Waals surface area contributed by atoms with Gasteiger partial charge >= 0.3 is 0 Å². The van der Waals surface area contributed by atoms with Crippen molar-refractivity contribution in [1.82, 2.24) is 0 Å². The van der Waals surface area contributed by atoms with Crippen molar-refractivity contribution in [3.63, 3.8) is 0 Å². The average Bonchev–Trinajstić information content (AvgIpc) is 2.65. The third-order valence-corrected chi connectivity index (χ3v) is 6.16. The monoisotopic (exact) mass is 447 g/mol. The summed E-state index contributed by atoms with van der Waals surface area (Å²) in [6.45, 7) is 3.29. The molecule has 6 heteroatoms. The molecule has 0 aliphatic heterocycles. The maximum atomic E-state index is 11.7. The van der Waals surface area contributed by atoms with Crippen molar-refractivity contribution < 1.29 is 23.0 Å². The summed E-state index contributed by atoms with van der Waals surface area (Å²) in [6, 6.07) is 0. The van der Waals surface area contributed by atoms with Crippen molar-refractivity contribution >= 4 is 7.82 Å². The lowest BCUT2D eigenvalue weighted by Crippen LogP contribution is -2.37. The highest BCUT2D eigenvalue weighted by Crippen LogP contribution is 2.38. The summed E-state index contributed by atoms with van der Waals surface area (Å²) in [5.41, 5.74) is 0. The number of allylic oxidation sites excluding steroid dienone is 2. The molecule has 180 valence electrons. The second kappa shape index (κ2) is 19.5. The van der Waals surface area contributed by atoms with Crippen molar-refractivity contribution in [2.45, 2.75) is 103 Å². The van der Waals surface area contributed by atoms with E-state index < -0.39 is 7.82 Å². The molecule has 0 aromatic rings. The standard InChI is InChI=1S/C24H50NO4P/c1-5-6-7-8-9-10-11-12-13-14-15-16-17-18-19-20-21-23-28-30(26,27)29-24-22-25(2,3)4/h12-13H,5-11,14-24H2,1-4H3/b13-12-. The van der Waals surface area contributed by atoms with E-state index in [-0.39, 0.29) is 13.2 Å². The summed E-state index contributed by atoms with van der Waals surface area (Å²) in [7, 11) is 1.85. The predicted molar refractivity (Wildman–Crippen MR) is 126 cm³/mol. The van der Waals surface area contributed by atoms with Crippen LogP contribution >= 0.6 is 7.82 Å². The van der Waals surface area contributed by atoms with Crippen LogP contribution in [-0.4, -0.2) is 45.4 Å². The molecule has 0 N–H and O–H groups in total. The van der Waals surface area contributed by atoms with E-state index in [2.05, 4.69) is 19.1 Å². The van der Waals surface area contributed by atoms with Crippen molar-refractivity contribution in [1.29, 1.82) is 0 Å². The summed E-state index contributed by atoms with van der Waals surface area (Å²) < 4.78 is 22.1. The Morgan fingerprint density at radius 3 is 1.63 bits per heavy atom. The SMILES string of the molecule is CCCCCCCC/C=C\CCCCCCCCCOP(=O)([O-])OCC[N+](C)(C)C. The van der Waals surface area contributed by atoms with Crippen LogP contribution in [0.5, 0.6) is 0 Å². The zero-order valence-corrected chi connectivity index (χ0v) is 21.3. The summed E-state index contributed by atoms with van der Waals surface area (Å²) in [4.78, 5) is 11.7. The van der Waals surface area contributed by atoms with E-state index in [4.69, 9.17) is 9.05 Å². The first-order valence-electron chi connectivity index (χ1n) is 12.3. The molecule has 0 saturated carbocycles. The Morgan fingerprint density at radius 2 is 1.13 bits per heavy atom. The first kappa shape index (κ1) is 29.8. The fourth-order valence-corrected chi connectivity index (χ4v) is 3.90. The van der Waals surface area contributed by atoms with Gasteiger partial charge in [0.2, 0.25) is 0 Å². The van der Waals surface area contributed by atoms with E-state index in [1.54, 1.807) is 0 Å². The highest BCUT2D eigenvalue weighted by atomic mass is 31.2. The van der Waals surface area contributed by atoms with Crippen molar-refractivity contribution in [2.24, 2.45) is 0 Å². The Balaban J connectivity index is 3.34. The van der Waals surface area contributed by atoms with Crippen LogP contribution in [0.25, 0.3) is 0 Å². The average molecular weight is 448 g/mol. The van der Waals surface area contributed by atoms with E-state index in [0.717, 1.165) is 19.3 Å². The second-order valence-corrected chi connectivity index (χ2v) is 10.8. The molecular weight excluding hydrogens is 397 g/mol. The van der Waals surface area contributed by atoms with Gasteiger partial charge in [0, 0.05) is 0 Å². The Hall–Kier alpha value is -0.190. The van der Waals surface area contributed by atoms with Crippen LogP contribution in [0.2, 0.25) is 0 Å². The molecule has 0 aliphatic carbocycles. The van der Waals surface area contributed by atoms with Crippen molar-refractivity contribution in [3.8, 4) is 0 Å². The summed E-state index contributed by atoms with van der Waals surface area (Å²) in [6.07, 6.45) is 23.4. The van der Waals surface area contributed by atoms with E-state index in [1.165, 1.54) is 77.0 Å². The van der Waals surface area contributed by atoms with Gasteiger partial charge < -0.3 is 18.4 Å². The number of hydrogen-bond donors (Lipinski definition) is 0. The van der Waals surface area contributed by atoms with Crippen LogP contribution < -0.4 is 4.89 Å². The van der Waals surface area contributed by atoms with Crippen molar-refractivity contribution in [3.05, 3.63) is 12.2 Å². The van der Waals surface area contributed by atoms with E-state index in [1.807, 2.05) is 21.1 Å². The zero-order valence-electron chi connectivity index (χ0n) is 20.4. The number of phosphoric ester groups is 1. The first-order valence-corrected chi connectivity index (χ1v) is 13.8. The molecule has 0 amide bonds. The van der Waals surface area contributed by atoms with Gasteiger partial charge in [-0.25, -0.2) is 0 Å². The lowest BCUT2D eigenvalue weighted by Gasteiger charge is -2.27. The molecule has 1 unspecified atom stereocenters. The Labute approximate surface area is 187 Å². The molecule has 0 spiro atoms. The quantitative estimate of drug-likeness (QED) is 0.0809. The molecule has 0 rings (SSSR count). The number of likely N-dealkylation sites (N-methyl/N-ethyl adjacent to an activating group) is 1. The highest BCUT2D eigenvalue weighted by Gasteiger charge is 2.12. The molecule has 0 fully saturated rings. The predicted octanol–water partition coefficient (Wildman–Crippen LogP) is 6.62. The third kappa shape index (κ3) is 24.1. The van der Waals surface area contributed by atoms with Gasteiger partial charge in [0.15, 0.2) is 0 Å². The van der Waals surface area contributed by atoms with Gasteiger partial charge in [-0.1, -0.05) is 83.3 Å². The number of quaternary nitrogens is 1. The van der Waals surface area contributed by atoms with E-state index >= 15 is 0 Å². The number of hydrogen-bond acceptors (Lipinski definition) is 4. The lowest BCUT2D eigenvalue weighted by atomic mass is 10.1.